The second-order valence-corrected chi connectivity index (χ2v) is 8.18. The number of morpholine rings is 1. The van der Waals surface area contributed by atoms with E-state index in [4.69, 9.17) is 10.5 Å². The van der Waals surface area contributed by atoms with E-state index in [0.717, 1.165) is 57.7 Å². The lowest BCUT2D eigenvalue weighted by molar-refractivity contribution is -0.131. The molecule has 1 aromatic rings. The maximum atomic E-state index is 12.9. The van der Waals surface area contributed by atoms with Crippen molar-refractivity contribution in [2.75, 3.05) is 39.4 Å². The number of rotatable bonds is 9. The molecule has 1 saturated carbocycles. The highest BCUT2D eigenvalue weighted by Gasteiger charge is 2.38. The normalized spacial score (nSPS) is 20.2. The Labute approximate surface area is 173 Å². The van der Waals surface area contributed by atoms with Gasteiger partial charge in [-0.05, 0) is 31.4 Å². The number of nitrogens with two attached hydrogens (primary N) is 1. The van der Waals surface area contributed by atoms with E-state index in [1.54, 1.807) is 0 Å². The number of carbonyl (C=O) groups is 2. The van der Waals surface area contributed by atoms with Gasteiger partial charge in [0.25, 0.3) is 0 Å². The van der Waals surface area contributed by atoms with E-state index < -0.39 is 11.6 Å². The first-order valence-electron chi connectivity index (χ1n) is 10.8. The van der Waals surface area contributed by atoms with Crippen LogP contribution in [0.1, 0.15) is 37.7 Å². The Morgan fingerprint density at radius 3 is 2.52 bits per heavy atom. The molecule has 0 unspecified atom stereocenters. The van der Waals surface area contributed by atoms with Gasteiger partial charge < -0.3 is 21.1 Å². The molecule has 0 radical (unpaired) electrons. The minimum Gasteiger partial charge on any atom is -0.379 e. The van der Waals surface area contributed by atoms with Crippen LogP contribution in [0.15, 0.2) is 30.3 Å². The average molecular weight is 403 g/mol. The van der Waals surface area contributed by atoms with E-state index in [2.05, 4.69) is 15.5 Å². The van der Waals surface area contributed by atoms with Crippen LogP contribution in [0.4, 0.5) is 0 Å². The molecule has 3 rings (SSSR count). The van der Waals surface area contributed by atoms with Crippen molar-refractivity contribution in [3.8, 4) is 0 Å². The van der Waals surface area contributed by atoms with Crippen LogP contribution in [-0.4, -0.2) is 67.7 Å². The quantitative estimate of drug-likeness (QED) is 0.532. The van der Waals surface area contributed by atoms with Crippen LogP contribution in [-0.2, 0) is 20.7 Å². The number of benzene rings is 1. The zero-order chi connectivity index (χ0) is 20.5. The van der Waals surface area contributed by atoms with Gasteiger partial charge in [-0.2, -0.15) is 0 Å². The molecule has 2 aliphatic rings. The van der Waals surface area contributed by atoms with Crippen molar-refractivity contribution < 1.29 is 14.3 Å². The fourth-order valence-electron chi connectivity index (χ4n) is 4.06. The van der Waals surface area contributed by atoms with Crippen LogP contribution in [0.3, 0.4) is 0 Å². The lowest BCUT2D eigenvalue weighted by atomic mass is 9.96. The summed E-state index contributed by atoms with van der Waals surface area (Å²) in [4.78, 5) is 28.0. The van der Waals surface area contributed by atoms with Crippen LogP contribution in [0.25, 0.3) is 0 Å². The van der Waals surface area contributed by atoms with Gasteiger partial charge >= 0.3 is 0 Å². The highest BCUT2D eigenvalue weighted by Crippen LogP contribution is 2.27. The van der Waals surface area contributed by atoms with E-state index >= 15 is 0 Å². The van der Waals surface area contributed by atoms with Crippen molar-refractivity contribution in [2.45, 2.75) is 50.1 Å². The summed E-state index contributed by atoms with van der Waals surface area (Å²) in [7, 11) is 0. The monoisotopic (exact) mass is 402 g/mol. The second kappa shape index (κ2) is 10.7. The molecule has 0 aromatic heterocycles. The first-order valence-corrected chi connectivity index (χ1v) is 10.8. The van der Waals surface area contributed by atoms with Gasteiger partial charge in [-0.3, -0.25) is 14.5 Å². The van der Waals surface area contributed by atoms with E-state index in [9.17, 15) is 9.59 Å². The van der Waals surface area contributed by atoms with E-state index in [1.807, 2.05) is 30.3 Å². The fourth-order valence-corrected chi connectivity index (χ4v) is 4.06. The van der Waals surface area contributed by atoms with Crippen LogP contribution in [0.2, 0.25) is 0 Å². The molecular weight excluding hydrogens is 368 g/mol. The van der Waals surface area contributed by atoms with Crippen LogP contribution < -0.4 is 16.4 Å². The van der Waals surface area contributed by atoms with E-state index in [-0.39, 0.29) is 11.8 Å². The van der Waals surface area contributed by atoms with Crippen molar-refractivity contribution in [3.05, 3.63) is 35.9 Å². The third-order valence-corrected chi connectivity index (χ3v) is 5.91. The molecule has 2 amide bonds. The minimum atomic E-state index is -0.842. The Hall–Kier alpha value is -1.96. The first kappa shape index (κ1) is 21.7. The molecule has 2 fully saturated rings. The van der Waals surface area contributed by atoms with Gasteiger partial charge in [-0.1, -0.05) is 43.2 Å². The molecule has 29 heavy (non-hydrogen) atoms. The van der Waals surface area contributed by atoms with Gasteiger partial charge in [0, 0.05) is 26.1 Å². The highest BCUT2D eigenvalue weighted by atomic mass is 16.5. The summed E-state index contributed by atoms with van der Waals surface area (Å²) < 4.78 is 5.36. The van der Waals surface area contributed by atoms with Crippen LogP contribution in [0.5, 0.6) is 0 Å². The maximum absolute atomic E-state index is 12.9. The zero-order valence-corrected chi connectivity index (χ0v) is 17.2. The zero-order valence-electron chi connectivity index (χ0n) is 17.2. The summed E-state index contributed by atoms with van der Waals surface area (Å²) in [5.74, 6) is -0.356. The number of hydrogen-bond acceptors (Lipinski definition) is 5. The summed E-state index contributed by atoms with van der Waals surface area (Å²) in [5, 5.41) is 5.93. The number of nitrogens with one attached hydrogen (secondary N) is 2. The molecule has 1 aromatic carbocycles. The molecule has 1 aliphatic carbocycles. The SMILES string of the molecule is NC1(C(=O)N[C@H](Cc2ccccc2)C(=O)NCCCN2CCOCC2)CCCC1. The number of nitrogens with zero attached hydrogens (tertiary/aromatic N) is 1. The molecule has 1 aliphatic heterocycles. The van der Waals surface area contributed by atoms with Crippen LogP contribution in [0, 0.1) is 0 Å². The van der Waals surface area contributed by atoms with Gasteiger partial charge in [0.2, 0.25) is 11.8 Å². The number of ether oxygens (including phenoxy) is 1. The van der Waals surface area contributed by atoms with Gasteiger partial charge in [0.05, 0.1) is 18.8 Å². The molecule has 7 nitrogen and oxygen atoms in total. The van der Waals surface area contributed by atoms with Gasteiger partial charge in [0.1, 0.15) is 6.04 Å². The number of carbonyl (C=O) groups excluding carboxylic acids is 2. The van der Waals surface area contributed by atoms with Crippen molar-refractivity contribution in [1.82, 2.24) is 15.5 Å². The molecule has 1 atom stereocenters. The van der Waals surface area contributed by atoms with Crippen molar-refractivity contribution in [3.63, 3.8) is 0 Å². The fraction of sp³-hybridized carbons (Fsp3) is 0.636. The molecule has 0 bridgehead atoms. The van der Waals surface area contributed by atoms with Gasteiger partial charge in [-0.25, -0.2) is 0 Å². The number of amides is 2. The van der Waals surface area contributed by atoms with Crippen molar-refractivity contribution in [2.24, 2.45) is 5.73 Å². The van der Waals surface area contributed by atoms with Gasteiger partial charge in [-0.15, -0.1) is 0 Å². The average Bonchev–Trinajstić information content (AvgIpc) is 3.20. The molecular formula is C22H34N4O3. The molecule has 160 valence electrons. The Morgan fingerprint density at radius 1 is 1.14 bits per heavy atom. The second-order valence-electron chi connectivity index (χ2n) is 8.18. The Balaban J connectivity index is 1.53. The van der Waals surface area contributed by atoms with Gasteiger partial charge in [0.15, 0.2) is 0 Å². The molecule has 1 saturated heterocycles. The summed E-state index contributed by atoms with van der Waals surface area (Å²) in [6.45, 7) is 4.96. The van der Waals surface area contributed by atoms with Crippen molar-refractivity contribution >= 4 is 11.8 Å². The molecule has 7 heteroatoms. The third kappa shape index (κ3) is 6.52. The predicted octanol–water partition coefficient (Wildman–Crippen LogP) is 0.824. The number of hydrogen-bond donors (Lipinski definition) is 3. The minimum absolute atomic E-state index is 0.147. The lowest BCUT2D eigenvalue weighted by Gasteiger charge is -2.27. The molecule has 4 N–H and O–H groups in total. The summed E-state index contributed by atoms with van der Waals surface area (Å²) in [6.07, 6.45) is 4.61. The van der Waals surface area contributed by atoms with Crippen LogP contribution >= 0.6 is 0 Å². The van der Waals surface area contributed by atoms with E-state index in [0.29, 0.717) is 25.8 Å². The molecule has 0 spiro atoms. The largest absolute Gasteiger partial charge is 0.379 e. The highest BCUT2D eigenvalue weighted by molar-refractivity contribution is 5.92. The smallest absolute Gasteiger partial charge is 0.242 e. The summed E-state index contributed by atoms with van der Waals surface area (Å²) in [6, 6.07) is 9.15. The third-order valence-electron chi connectivity index (χ3n) is 5.91. The van der Waals surface area contributed by atoms with E-state index in [1.165, 1.54) is 0 Å². The Kier molecular flexibility index (Phi) is 8.03. The topological polar surface area (TPSA) is 96.7 Å². The predicted molar refractivity (Wildman–Crippen MR) is 112 cm³/mol. The molecule has 1 heterocycles. The standard InChI is InChI=1S/C22H34N4O3/c23-22(9-4-5-10-22)21(28)25-19(17-18-7-2-1-3-8-18)20(27)24-11-6-12-26-13-15-29-16-14-26/h1-3,7-8,19H,4-6,9-17,23H2,(H,24,27)(H,25,28)/t19-/m1/s1. The first-order chi connectivity index (χ1) is 14.1. The maximum Gasteiger partial charge on any atom is 0.242 e. The summed E-state index contributed by atoms with van der Waals surface area (Å²) in [5.41, 5.74) is 6.46. The Bertz CT molecular complexity index is 655. The summed E-state index contributed by atoms with van der Waals surface area (Å²) >= 11 is 0. The lowest BCUT2D eigenvalue weighted by Crippen LogP contribution is -2.58. The van der Waals surface area contributed by atoms with Crippen molar-refractivity contribution in [1.29, 1.82) is 0 Å². The Morgan fingerprint density at radius 2 is 1.83 bits per heavy atom.